The number of hydrogen-bond acceptors (Lipinski definition) is 9. The number of anilines is 1. The molecular formula is C27H38N6O4S. The quantitative estimate of drug-likeness (QED) is 0.417. The van der Waals surface area contributed by atoms with Crippen LogP contribution in [0.3, 0.4) is 0 Å². The Morgan fingerprint density at radius 2 is 1.89 bits per heavy atom. The number of ether oxygens (including phenoxy) is 3. The number of morpholine rings is 1. The third-order valence-corrected chi connectivity index (χ3v) is 7.38. The summed E-state index contributed by atoms with van der Waals surface area (Å²) in [4.78, 5) is 25.6. The molecule has 1 aromatic carbocycles. The van der Waals surface area contributed by atoms with E-state index in [1.807, 2.05) is 23.9 Å². The molecule has 206 valence electrons. The maximum atomic E-state index is 11.9. The number of benzene rings is 1. The highest BCUT2D eigenvalue weighted by Crippen LogP contribution is 2.34. The Labute approximate surface area is 230 Å². The summed E-state index contributed by atoms with van der Waals surface area (Å²) >= 11 is 0. The van der Waals surface area contributed by atoms with Crippen LogP contribution in [0, 0.1) is 6.92 Å². The fourth-order valence-corrected chi connectivity index (χ4v) is 5.43. The number of carbonyl (C=O) groups is 1. The van der Waals surface area contributed by atoms with E-state index in [0.717, 1.165) is 49.2 Å². The number of aryl methyl sites for hydroxylation is 1. The van der Waals surface area contributed by atoms with Crippen molar-refractivity contribution in [2.24, 2.45) is 0 Å². The summed E-state index contributed by atoms with van der Waals surface area (Å²) in [6, 6.07) is 6.97. The van der Waals surface area contributed by atoms with Gasteiger partial charge in [0.05, 0.1) is 51.2 Å². The van der Waals surface area contributed by atoms with Gasteiger partial charge in [-0.25, -0.2) is 4.68 Å². The molecule has 3 aromatic rings. The molecule has 0 unspecified atom stereocenters. The number of fused-ring (bicyclic) bond motifs is 1. The van der Waals surface area contributed by atoms with Gasteiger partial charge >= 0.3 is 12.0 Å². The molecule has 0 amide bonds. The van der Waals surface area contributed by atoms with Gasteiger partial charge in [0, 0.05) is 18.0 Å². The maximum Gasteiger partial charge on any atom is 0.320 e. The van der Waals surface area contributed by atoms with Crippen molar-refractivity contribution in [3.63, 3.8) is 0 Å². The minimum Gasteiger partial charge on any atom is -0.467 e. The molecule has 11 heteroatoms. The zero-order valence-electron chi connectivity index (χ0n) is 22.6. The Hall–Kier alpha value is -2.89. The monoisotopic (exact) mass is 542 g/mol. The topological polar surface area (TPSA) is 94.8 Å². The van der Waals surface area contributed by atoms with E-state index in [0.29, 0.717) is 44.1 Å². The van der Waals surface area contributed by atoms with Gasteiger partial charge in [0.15, 0.2) is 5.82 Å². The summed E-state index contributed by atoms with van der Waals surface area (Å²) in [7, 11) is 1.59. The molecule has 2 saturated heterocycles. The van der Waals surface area contributed by atoms with E-state index in [2.05, 4.69) is 45.7 Å². The average molecular weight is 543 g/mol. The SMILES string of the molecule is CCOC(=O)CN1CCC(c2cc3c(cnn3-c3cc(N4CCOC[C@@H]4C)nc(OC)n3)cc2C)CC1.S. The minimum absolute atomic E-state index is 0. The molecule has 0 saturated carbocycles. The molecule has 38 heavy (non-hydrogen) atoms. The van der Waals surface area contributed by atoms with Crippen molar-refractivity contribution in [2.75, 3.05) is 58.0 Å². The predicted octanol–water partition coefficient (Wildman–Crippen LogP) is 3.21. The largest absolute Gasteiger partial charge is 0.467 e. The van der Waals surface area contributed by atoms with Crippen LogP contribution in [0.2, 0.25) is 0 Å². The molecule has 2 aromatic heterocycles. The van der Waals surface area contributed by atoms with E-state index >= 15 is 0 Å². The number of carbonyl (C=O) groups excluding carboxylic acids is 1. The van der Waals surface area contributed by atoms with Crippen LogP contribution in [-0.4, -0.2) is 89.8 Å². The fourth-order valence-electron chi connectivity index (χ4n) is 5.43. The molecule has 2 fully saturated rings. The second-order valence-corrected chi connectivity index (χ2v) is 9.87. The van der Waals surface area contributed by atoms with Crippen molar-refractivity contribution in [2.45, 2.75) is 45.6 Å². The minimum atomic E-state index is -0.145. The molecule has 1 atom stereocenters. The number of hydrogen-bond donors (Lipinski definition) is 0. The van der Waals surface area contributed by atoms with Crippen molar-refractivity contribution in [3.05, 3.63) is 35.5 Å². The van der Waals surface area contributed by atoms with E-state index in [9.17, 15) is 4.79 Å². The first-order chi connectivity index (χ1) is 18.0. The summed E-state index contributed by atoms with van der Waals surface area (Å²) in [6.45, 7) is 10.8. The second-order valence-electron chi connectivity index (χ2n) is 9.87. The fraction of sp³-hybridized carbons (Fsp3) is 0.556. The van der Waals surface area contributed by atoms with Gasteiger partial charge < -0.3 is 19.1 Å². The first-order valence-corrected chi connectivity index (χ1v) is 13.1. The highest BCUT2D eigenvalue weighted by molar-refractivity contribution is 7.59. The molecule has 4 heterocycles. The highest BCUT2D eigenvalue weighted by Gasteiger charge is 2.25. The number of nitrogens with zero attached hydrogens (tertiary/aromatic N) is 6. The lowest BCUT2D eigenvalue weighted by Crippen LogP contribution is -2.44. The number of esters is 1. The van der Waals surface area contributed by atoms with Gasteiger partial charge in [0.2, 0.25) is 0 Å². The van der Waals surface area contributed by atoms with Gasteiger partial charge in [-0.3, -0.25) is 9.69 Å². The van der Waals surface area contributed by atoms with E-state index < -0.39 is 0 Å². The molecule has 0 radical (unpaired) electrons. The Kier molecular flexibility index (Phi) is 9.11. The molecule has 0 bridgehead atoms. The van der Waals surface area contributed by atoms with Crippen LogP contribution >= 0.6 is 13.5 Å². The van der Waals surface area contributed by atoms with Gasteiger partial charge in [0.25, 0.3) is 0 Å². The molecular weight excluding hydrogens is 504 g/mol. The molecule has 0 aliphatic carbocycles. The maximum absolute atomic E-state index is 11.9. The van der Waals surface area contributed by atoms with E-state index in [1.165, 1.54) is 11.1 Å². The highest BCUT2D eigenvalue weighted by atomic mass is 32.1. The number of likely N-dealkylation sites (tertiary alicyclic amines) is 1. The van der Waals surface area contributed by atoms with Crippen LogP contribution in [0.4, 0.5) is 5.82 Å². The number of methoxy groups -OCH3 is 1. The lowest BCUT2D eigenvalue weighted by atomic mass is 9.86. The van der Waals surface area contributed by atoms with Crippen molar-refractivity contribution < 1.29 is 19.0 Å². The first kappa shape index (κ1) is 28.1. The van der Waals surface area contributed by atoms with Gasteiger partial charge in [-0.1, -0.05) is 0 Å². The predicted molar refractivity (Wildman–Crippen MR) is 151 cm³/mol. The van der Waals surface area contributed by atoms with Crippen molar-refractivity contribution in [3.8, 4) is 11.8 Å². The molecule has 10 nitrogen and oxygen atoms in total. The van der Waals surface area contributed by atoms with Crippen LogP contribution in [0.25, 0.3) is 16.7 Å². The summed E-state index contributed by atoms with van der Waals surface area (Å²) in [5.74, 6) is 1.77. The Morgan fingerprint density at radius 1 is 1.13 bits per heavy atom. The van der Waals surface area contributed by atoms with Crippen LogP contribution in [0.5, 0.6) is 6.01 Å². The van der Waals surface area contributed by atoms with Crippen LogP contribution in [0.15, 0.2) is 24.4 Å². The molecule has 5 rings (SSSR count). The number of piperidine rings is 1. The molecule has 2 aliphatic rings. The standard InChI is InChI=1S/C27H36N6O4.H2S/c1-5-37-26(34)16-31-8-6-20(7-9-31)22-13-23-21(12-18(22)2)15-28-33(23)25-14-24(29-27(30-25)35-4)32-10-11-36-17-19(32)3;/h12-15,19-20H,5-11,16-17H2,1-4H3;1H2/t19-;/m0./s1. The normalized spacial score (nSPS) is 18.8. The number of aromatic nitrogens is 4. The third-order valence-electron chi connectivity index (χ3n) is 7.38. The first-order valence-electron chi connectivity index (χ1n) is 13.1. The molecule has 0 spiro atoms. The molecule has 2 aliphatic heterocycles. The van der Waals surface area contributed by atoms with E-state index in [1.54, 1.807) is 7.11 Å². The van der Waals surface area contributed by atoms with Crippen LogP contribution in [0.1, 0.15) is 43.7 Å². The van der Waals surface area contributed by atoms with Gasteiger partial charge in [0.1, 0.15) is 5.82 Å². The zero-order chi connectivity index (χ0) is 25.9. The lowest BCUT2D eigenvalue weighted by molar-refractivity contribution is -0.144. The lowest BCUT2D eigenvalue weighted by Gasteiger charge is -2.34. The van der Waals surface area contributed by atoms with Gasteiger partial charge in [-0.05, 0) is 75.9 Å². The Bertz CT molecular complexity index is 1260. The van der Waals surface area contributed by atoms with E-state index in [4.69, 9.17) is 19.3 Å². The van der Waals surface area contributed by atoms with Gasteiger partial charge in [-0.2, -0.15) is 28.6 Å². The Morgan fingerprint density at radius 3 is 2.61 bits per heavy atom. The van der Waals surface area contributed by atoms with Crippen molar-refractivity contribution in [1.82, 2.24) is 24.6 Å². The Balaban J connectivity index is 0.00000336. The smallest absolute Gasteiger partial charge is 0.320 e. The summed E-state index contributed by atoms with van der Waals surface area (Å²) in [5.41, 5.74) is 3.60. The summed E-state index contributed by atoms with van der Waals surface area (Å²) in [5, 5.41) is 5.77. The zero-order valence-corrected chi connectivity index (χ0v) is 23.6. The van der Waals surface area contributed by atoms with Crippen LogP contribution in [-0.2, 0) is 14.3 Å². The van der Waals surface area contributed by atoms with Crippen molar-refractivity contribution >= 4 is 36.2 Å². The average Bonchev–Trinajstić information content (AvgIpc) is 3.31. The second kappa shape index (κ2) is 12.3. The van der Waals surface area contributed by atoms with Gasteiger partial charge in [-0.15, -0.1) is 0 Å². The summed E-state index contributed by atoms with van der Waals surface area (Å²) in [6.07, 6.45) is 3.89. The summed E-state index contributed by atoms with van der Waals surface area (Å²) < 4.78 is 18.1. The van der Waals surface area contributed by atoms with Crippen molar-refractivity contribution in [1.29, 1.82) is 0 Å². The van der Waals surface area contributed by atoms with E-state index in [-0.39, 0.29) is 25.5 Å². The molecule has 0 N–H and O–H groups in total. The van der Waals surface area contributed by atoms with Crippen LogP contribution < -0.4 is 9.64 Å². The third kappa shape index (κ3) is 5.89. The number of rotatable bonds is 7.